The SMILES string of the molecule is CN(Cc1ccccc1)CC1CCCCC1=O.Cl. The molecule has 0 bridgehead atoms. The number of benzene rings is 1. The Bertz CT molecular complexity index is 366. The van der Waals surface area contributed by atoms with Gasteiger partial charge >= 0.3 is 0 Å². The van der Waals surface area contributed by atoms with E-state index in [0.29, 0.717) is 5.78 Å². The number of ketones is 1. The molecule has 2 nitrogen and oxygen atoms in total. The molecule has 3 heteroatoms. The van der Waals surface area contributed by atoms with E-state index in [1.807, 2.05) is 6.07 Å². The number of hydrogen-bond donors (Lipinski definition) is 0. The van der Waals surface area contributed by atoms with Gasteiger partial charge in [0.1, 0.15) is 5.78 Å². The van der Waals surface area contributed by atoms with Crippen molar-refractivity contribution in [1.29, 1.82) is 0 Å². The summed E-state index contributed by atoms with van der Waals surface area (Å²) in [5.41, 5.74) is 1.32. The summed E-state index contributed by atoms with van der Waals surface area (Å²) in [7, 11) is 2.11. The molecule has 18 heavy (non-hydrogen) atoms. The monoisotopic (exact) mass is 267 g/mol. The van der Waals surface area contributed by atoms with Crippen molar-refractivity contribution in [2.45, 2.75) is 32.2 Å². The quantitative estimate of drug-likeness (QED) is 0.834. The molecular weight excluding hydrogens is 246 g/mol. The zero-order chi connectivity index (χ0) is 12.1. The molecule has 0 amide bonds. The largest absolute Gasteiger partial charge is 0.301 e. The van der Waals surface area contributed by atoms with Crippen LogP contribution >= 0.6 is 12.4 Å². The maximum absolute atomic E-state index is 11.8. The Kier molecular flexibility index (Phi) is 6.37. The minimum atomic E-state index is 0. The highest BCUT2D eigenvalue weighted by Gasteiger charge is 2.23. The second-order valence-corrected chi connectivity index (χ2v) is 5.09. The fourth-order valence-corrected chi connectivity index (χ4v) is 2.58. The fraction of sp³-hybridized carbons (Fsp3) is 0.533. The first-order chi connectivity index (χ1) is 8.25. The number of halogens is 1. The minimum Gasteiger partial charge on any atom is -0.301 e. The number of nitrogens with zero attached hydrogens (tertiary/aromatic N) is 1. The molecule has 0 spiro atoms. The molecule has 1 unspecified atom stereocenters. The van der Waals surface area contributed by atoms with Crippen LogP contribution in [0, 0.1) is 5.92 Å². The first-order valence-corrected chi connectivity index (χ1v) is 6.51. The van der Waals surface area contributed by atoms with Gasteiger partial charge < -0.3 is 4.90 Å². The average Bonchev–Trinajstić information content (AvgIpc) is 2.33. The van der Waals surface area contributed by atoms with E-state index in [2.05, 4.69) is 36.2 Å². The Morgan fingerprint density at radius 2 is 1.94 bits per heavy atom. The van der Waals surface area contributed by atoms with Crippen LogP contribution in [0.4, 0.5) is 0 Å². The fourth-order valence-electron chi connectivity index (χ4n) is 2.58. The zero-order valence-electron chi connectivity index (χ0n) is 11.0. The van der Waals surface area contributed by atoms with Gasteiger partial charge in [-0.3, -0.25) is 4.79 Å². The van der Waals surface area contributed by atoms with Crippen LogP contribution < -0.4 is 0 Å². The lowest BCUT2D eigenvalue weighted by Gasteiger charge is -2.26. The number of hydrogen-bond acceptors (Lipinski definition) is 2. The number of Topliss-reactive ketones (excluding diaryl/α,β-unsaturated/α-hetero) is 1. The minimum absolute atomic E-state index is 0. The van der Waals surface area contributed by atoms with E-state index >= 15 is 0 Å². The summed E-state index contributed by atoms with van der Waals surface area (Å²) in [6, 6.07) is 10.4. The molecule has 0 heterocycles. The lowest BCUT2D eigenvalue weighted by atomic mass is 9.87. The Hall–Kier alpha value is -0.860. The zero-order valence-corrected chi connectivity index (χ0v) is 11.8. The van der Waals surface area contributed by atoms with Gasteiger partial charge in [0.25, 0.3) is 0 Å². The number of rotatable bonds is 4. The van der Waals surface area contributed by atoms with Crippen molar-refractivity contribution < 1.29 is 4.79 Å². The Balaban J connectivity index is 0.00000162. The summed E-state index contributed by atoms with van der Waals surface area (Å²) >= 11 is 0. The molecule has 0 radical (unpaired) electrons. The molecular formula is C15H22ClNO. The van der Waals surface area contributed by atoms with Crippen LogP contribution in [0.15, 0.2) is 30.3 Å². The van der Waals surface area contributed by atoms with Crippen molar-refractivity contribution in [1.82, 2.24) is 4.90 Å². The van der Waals surface area contributed by atoms with E-state index in [1.54, 1.807) is 0 Å². The summed E-state index contributed by atoms with van der Waals surface area (Å²) in [5.74, 6) is 0.744. The Labute approximate surface area is 116 Å². The molecule has 1 atom stereocenters. The summed E-state index contributed by atoms with van der Waals surface area (Å²) < 4.78 is 0. The first kappa shape index (κ1) is 15.2. The van der Waals surface area contributed by atoms with Crippen LogP contribution in [-0.2, 0) is 11.3 Å². The second kappa shape index (κ2) is 7.55. The van der Waals surface area contributed by atoms with Gasteiger partial charge in [0, 0.05) is 25.4 Å². The molecule has 1 aliphatic rings. The molecule has 0 N–H and O–H groups in total. The van der Waals surface area contributed by atoms with Crippen LogP contribution in [0.2, 0.25) is 0 Å². The van der Waals surface area contributed by atoms with Crippen molar-refractivity contribution >= 4 is 18.2 Å². The van der Waals surface area contributed by atoms with Crippen LogP contribution in [0.5, 0.6) is 0 Å². The normalized spacial score (nSPS) is 19.7. The molecule has 0 saturated heterocycles. The Morgan fingerprint density at radius 1 is 1.22 bits per heavy atom. The van der Waals surface area contributed by atoms with E-state index in [4.69, 9.17) is 0 Å². The van der Waals surface area contributed by atoms with E-state index in [9.17, 15) is 4.79 Å². The molecule has 1 aromatic carbocycles. The van der Waals surface area contributed by atoms with Crippen molar-refractivity contribution in [3.8, 4) is 0 Å². The van der Waals surface area contributed by atoms with Gasteiger partial charge in [-0.2, -0.15) is 0 Å². The van der Waals surface area contributed by atoms with E-state index in [-0.39, 0.29) is 18.3 Å². The van der Waals surface area contributed by atoms with Gasteiger partial charge in [-0.25, -0.2) is 0 Å². The van der Waals surface area contributed by atoms with E-state index in [0.717, 1.165) is 32.4 Å². The van der Waals surface area contributed by atoms with Crippen LogP contribution in [0.3, 0.4) is 0 Å². The first-order valence-electron chi connectivity index (χ1n) is 6.51. The molecule has 1 aromatic rings. The van der Waals surface area contributed by atoms with Gasteiger partial charge in [-0.15, -0.1) is 12.4 Å². The molecule has 0 aliphatic heterocycles. The van der Waals surface area contributed by atoms with Crippen molar-refractivity contribution in [2.75, 3.05) is 13.6 Å². The lowest BCUT2D eigenvalue weighted by Crippen LogP contribution is -2.32. The van der Waals surface area contributed by atoms with E-state index < -0.39 is 0 Å². The van der Waals surface area contributed by atoms with Crippen LogP contribution in [-0.4, -0.2) is 24.3 Å². The highest BCUT2D eigenvalue weighted by Crippen LogP contribution is 2.21. The molecule has 1 saturated carbocycles. The third-order valence-corrected chi connectivity index (χ3v) is 3.51. The van der Waals surface area contributed by atoms with Crippen LogP contribution in [0.1, 0.15) is 31.2 Å². The lowest BCUT2D eigenvalue weighted by molar-refractivity contribution is -0.125. The third-order valence-electron chi connectivity index (χ3n) is 3.51. The molecule has 0 aromatic heterocycles. The van der Waals surface area contributed by atoms with Gasteiger partial charge in [0.15, 0.2) is 0 Å². The van der Waals surface area contributed by atoms with E-state index in [1.165, 1.54) is 12.0 Å². The maximum Gasteiger partial charge on any atom is 0.137 e. The topological polar surface area (TPSA) is 20.3 Å². The summed E-state index contributed by atoms with van der Waals surface area (Å²) in [6.45, 7) is 1.85. The average molecular weight is 268 g/mol. The van der Waals surface area contributed by atoms with Crippen molar-refractivity contribution in [3.05, 3.63) is 35.9 Å². The molecule has 2 rings (SSSR count). The van der Waals surface area contributed by atoms with Gasteiger partial charge in [-0.05, 0) is 25.5 Å². The smallest absolute Gasteiger partial charge is 0.137 e. The second-order valence-electron chi connectivity index (χ2n) is 5.09. The highest BCUT2D eigenvalue weighted by molar-refractivity contribution is 5.85. The predicted octanol–water partition coefficient (Wildman–Crippen LogP) is 3.30. The highest BCUT2D eigenvalue weighted by atomic mass is 35.5. The summed E-state index contributed by atoms with van der Waals surface area (Å²) in [5, 5.41) is 0. The van der Waals surface area contributed by atoms with Gasteiger partial charge in [0.2, 0.25) is 0 Å². The number of carbonyl (C=O) groups is 1. The molecule has 1 aliphatic carbocycles. The van der Waals surface area contributed by atoms with Crippen molar-refractivity contribution in [3.63, 3.8) is 0 Å². The number of carbonyl (C=O) groups excluding carboxylic acids is 1. The maximum atomic E-state index is 11.8. The predicted molar refractivity (Wildman–Crippen MR) is 77.0 cm³/mol. The van der Waals surface area contributed by atoms with Gasteiger partial charge in [-0.1, -0.05) is 36.8 Å². The molecule has 100 valence electrons. The van der Waals surface area contributed by atoms with Crippen molar-refractivity contribution in [2.24, 2.45) is 5.92 Å². The third kappa shape index (κ3) is 4.43. The molecule has 1 fully saturated rings. The standard InChI is InChI=1S/C15H21NO.ClH/c1-16(11-13-7-3-2-4-8-13)12-14-9-5-6-10-15(14)17;/h2-4,7-8,14H,5-6,9-12H2,1H3;1H. The Morgan fingerprint density at radius 3 is 2.61 bits per heavy atom. The summed E-state index contributed by atoms with van der Waals surface area (Å²) in [4.78, 5) is 14.0. The van der Waals surface area contributed by atoms with Crippen LogP contribution in [0.25, 0.3) is 0 Å². The van der Waals surface area contributed by atoms with Gasteiger partial charge in [0.05, 0.1) is 0 Å². The summed E-state index contributed by atoms with van der Waals surface area (Å²) in [6.07, 6.45) is 4.19.